The third-order valence-electron chi connectivity index (χ3n) is 3.64. The molecule has 0 aromatic carbocycles. The lowest BCUT2D eigenvalue weighted by Crippen LogP contribution is -2.63. The lowest BCUT2D eigenvalue weighted by molar-refractivity contribution is -0.181. The predicted molar refractivity (Wildman–Crippen MR) is 76.9 cm³/mol. The van der Waals surface area contributed by atoms with Crippen LogP contribution in [0.3, 0.4) is 0 Å². The summed E-state index contributed by atoms with van der Waals surface area (Å²) in [6, 6.07) is 0. The molecule has 6 heteroatoms. The van der Waals surface area contributed by atoms with Crippen molar-refractivity contribution in [2.75, 3.05) is 6.61 Å². The van der Waals surface area contributed by atoms with E-state index in [0.717, 1.165) is 19.3 Å². The first-order valence-corrected chi connectivity index (χ1v) is 7.54. The molecule has 122 valence electrons. The first kappa shape index (κ1) is 19.8. The molecule has 0 rings (SSSR count). The molecule has 0 unspecified atom stereocenters. The van der Waals surface area contributed by atoms with Crippen LogP contribution in [0.2, 0.25) is 0 Å². The summed E-state index contributed by atoms with van der Waals surface area (Å²) in [4.78, 5) is 0. The summed E-state index contributed by atoms with van der Waals surface area (Å²) in [7, 11) is 0. The van der Waals surface area contributed by atoms with Gasteiger partial charge in [0.15, 0.2) is 5.72 Å². The largest absolute Gasteiger partial charge is 0.394 e. The van der Waals surface area contributed by atoms with E-state index in [4.69, 9.17) is 10.8 Å². The van der Waals surface area contributed by atoms with Gasteiger partial charge in [0.25, 0.3) is 0 Å². The van der Waals surface area contributed by atoms with Gasteiger partial charge in [-0.15, -0.1) is 0 Å². The topological polar surface area (TPSA) is 127 Å². The molecule has 0 aliphatic carbocycles. The molecule has 0 aliphatic rings. The summed E-state index contributed by atoms with van der Waals surface area (Å²) < 4.78 is 0. The third-order valence-corrected chi connectivity index (χ3v) is 3.64. The second kappa shape index (κ2) is 10.5. The van der Waals surface area contributed by atoms with Crippen LogP contribution in [-0.2, 0) is 0 Å². The quantitative estimate of drug-likeness (QED) is 0.219. The molecule has 0 fully saturated rings. The van der Waals surface area contributed by atoms with Gasteiger partial charge in [0.1, 0.15) is 12.2 Å². The van der Waals surface area contributed by atoms with Gasteiger partial charge in [0.05, 0.1) is 12.7 Å². The monoisotopic (exact) mass is 293 g/mol. The molecule has 0 radical (unpaired) electrons. The normalized spacial score (nSPS) is 19.4. The van der Waals surface area contributed by atoms with E-state index >= 15 is 0 Å². The molecule has 0 spiro atoms. The zero-order valence-electron chi connectivity index (χ0n) is 12.4. The molecule has 4 atom stereocenters. The van der Waals surface area contributed by atoms with Crippen molar-refractivity contribution in [2.24, 2.45) is 5.73 Å². The zero-order valence-corrected chi connectivity index (χ0v) is 12.4. The molecule has 0 aliphatic heterocycles. The van der Waals surface area contributed by atoms with E-state index in [1.54, 1.807) is 0 Å². The van der Waals surface area contributed by atoms with Crippen molar-refractivity contribution >= 4 is 0 Å². The van der Waals surface area contributed by atoms with E-state index in [0.29, 0.717) is 6.42 Å². The summed E-state index contributed by atoms with van der Waals surface area (Å²) in [6.07, 6.45) is 3.03. The van der Waals surface area contributed by atoms with Crippen LogP contribution in [-0.4, -0.2) is 56.2 Å². The van der Waals surface area contributed by atoms with Crippen LogP contribution in [0.1, 0.15) is 58.3 Å². The Morgan fingerprint density at radius 2 is 1.45 bits per heavy atom. The second-order valence-electron chi connectivity index (χ2n) is 5.51. The Morgan fingerprint density at radius 3 is 1.95 bits per heavy atom. The molecule has 0 saturated heterocycles. The van der Waals surface area contributed by atoms with Gasteiger partial charge in [-0.25, -0.2) is 0 Å². The Hall–Kier alpha value is -0.240. The van der Waals surface area contributed by atoms with Crippen molar-refractivity contribution in [2.45, 2.75) is 82.3 Å². The minimum atomic E-state index is -2.32. The van der Waals surface area contributed by atoms with Gasteiger partial charge >= 0.3 is 0 Å². The number of rotatable bonds is 12. The van der Waals surface area contributed by atoms with Gasteiger partial charge < -0.3 is 25.5 Å². The lowest BCUT2D eigenvalue weighted by atomic mass is 9.93. The summed E-state index contributed by atoms with van der Waals surface area (Å²) in [5, 5.41) is 47.2. The van der Waals surface area contributed by atoms with Gasteiger partial charge in [-0.1, -0.05) is 51.9 Å². The standard InChI is InChI=1S/C14H31NO5/c1-2-3-4-5-6-7-8-9-12(18)14(15,20)13(19)11(17)10-16/h11-13,16-20H,2-10,15H2,1H3/t11-,12+,13-,14-/m1/s1. The van der Waals surface area contributed by atoms with E-state index in [-0.39, 0.29) is 6.42 Å². The lowest BCUT2D eigenvalue weighted by Gasteiger charge is -2.35. The van der Waals surface area contributed by atoms with Crippen LogP contribution in [0.5, 0.6) is 0 Å². The molecule has 0 heterocycles. The van der Waals surface area contributed by atoms with E-state index in [9.17, 15) is 20.4 Å². The Morgan fingerprint density at radius 1 is 0.950 bits per heavy atom. The fraction of sp³-hybridized carbons (Fsp3) is 1.00. The van der Waals surface area contributed by atoms with Crippen LogP contribution in [0.15, 0.2) is 0 Å². The first-order valence-electron chi connectivity index (χ1n) is 7.54. The molecule has 0 bridgehead atoms. The van der Waals surface area contributed by atoms with E-state index in [2.05, 4.69) is 6.92 Å². The SMILES string of the molecule is CCCCCCCCC[C@H](O)[C@@](N)(O)[C@H](O)[C@H](O)CO. The van der Waals surface area contributed by atoms with Crippen molar-refractivity contribution in [3.63, 3.8) is 0 Å². The maximum Gasteiger partial charge on any atom is 0.168 e. The highest BCUT2D eigenvalue weighted by molar-refractivity contribution is 4.91. The van der Waals surface area contributed by atoms with Gasteiger partial charge in [-0.2, -0.15) is 0 Å². The number of nitrogens with two attached hydrogens (primary N) is 1. The Bertz CT molecular complexity index is 238. The maximum absolute atomic E-state index is 9.83. The van der Waals surface area contributed by atoms with Gasteiger partial charge in [-0.05, 0) is 6.42 Å². The minimum absolute atomic E-state index is 0.246. The van der Waals surface area contributed by atoms with Gasteiger partial charge in [0.2, 0.25) is 0 Å². The number of hydrogen-bond donors (Lipinski definition) is 6. The van der Waals surface area contributed by atoms with Crippen LogP contribution < -0.4 is 5.73 Å². The van der Waals surface area contributed by atoms with Crippen LogP contribution in [0, 0.1) is 0 Å². The Kier molecular flexibility index (Phi) is 10.4. The van der Waals surface area contributed by atoms with Gasteiger partial charge in [-0.3, -0.25) is 5.73 Å². The van der Waals surface area contributed by atoms with E-state index in [1.165, 1.54) is 19.3 Å². The highest BCUT2D eigenvalue weighted by Gasteiger charge is 2.42. The highest BCUT2D eigenvalue weighted by Crippen LogP contribution is 2.18. The summed E-state index contributed by atoms with van der Waals surface area (Å²) >= 11 is 0. The smallest absolute Gasteiger partial charge is 0.168 e. The second-order valence-corrected chi connectivity index (χ2v) is 5.51. The van der Waals surface area contributed by atoms with E-state index in [1.807, 2.05) is 0 Å². The molecule has 7 N–H and O–H groups in total. The number of aliphatic hydroxyl groups excluding tert-OH is 4. The Labute approximate surface area is 121 Å². The van der Waals surface area contributed by atoms with Crippen LogP contribution >= 0.6 is 0 Å². The first-order chi connectivity index (χ1) is 9.37. The number of hydrogen-bond acceptors (Lipinski definition) is 6. The summed E-state index contributed by atoms with van der Waals surface area (Å²) in [5.41, 5.74) is 3.13. The number of aliphatic hydroxyl groups is 5. The molecule has 0 amide bonds. The number of unbranched alkanes of at least 4 members (excludes halogenated alkanes) is 6. The average molecular weight is 293 g/mol. The van der Waals surface area contributed by atoms with Crippen molar-refractivity contribution in [3.05, 3.63) is 0 Å². The minimum Gasteiger partial charge on any atom is -0.394 e. The molecule has 0 aromatic heterocycles. The summed E-state index contributed by atoms with van der Waals surface area (Å²) in [6.45, 7) is 1.43. The molecule has 20 heavy (non-hydrogen) atoms. The van der Waals surface area contributed by atoms with Gasteiger partial charge in [0, 0.05) is 0 Å². The Balaban J connectivity index is 3.91. The molecular formula is C14H31NO5. The fourth-order valence-corrected chi connectivity index (χ4v) is 2.13. The predicted octanol–water partition coefficient (Wildman–Crippen LogP) is -0.151. The molecule has 0 saturated carbocycles. The van der Waals surface area contributed by atoms with Crippen molar-refractivity contribution < 1.29 is 25.5 Å². The van der Waals surface area contributed by atoms with E-state index < -0.39 is 30.6 Å². The maximum atomic E-state index is 9.83. The van der Waals surface area contributed by atoms with Crippen molar-refractivity contribution in [3.8, 4) is 0 Å². The average Bonchev–Trinajstić information content (AvgIpc) is 2.44. The van der Waals surface area contributed by atoms with Crippen molar-refractivity contribution in [1.82, 2.24) is 0 Å². The van der Waals surface area contributed by atoms with Crippen molar-refractivity contribution in [1.29, 1.82) is 0 Å². The third kappa shape index (κ3) is 6.97. The van der Waals surface area contributed by atoms with Crippen LogP contribution in [0.25, 0.3) is 0 Å². The molecule has 6 nitrogen and oxygen atoms in total. The molecular weight excluding hydrogens is 262 g/mol. The highest BCUT2D eigenvalue weighted by atomic mass is 16.4. The fourth-order valence-electron chi connectivity index (χ4n) is 2.13. The zero-order chi connectivity index (χ0) is 15.6. The van der Waals surface area contributed by atoms with Crippen LogP contribution in [0.4, 0.5) is 0 Å². The summed E-state index contributed by atoms with van der Waals surface area (Å²) in [5.74, 6) is 0. The molecule has 0 aromatic rings.